The van der Waals surface area contributed by atoms with Crippen LogP contribution in [0.5, 0.6) is 0 Å². The molecule has 0 fully saturated rings. The van der Waals surface area contributed by atoms with Gasteiger partial charge in [0.05, 0.1) is 5.69 Å². The molecule has 0 saturated carbocycles. The van der Waals surface area contributed by atoms with Crippen LogP contribution in [0.3, 0.4) is 0 Å². The van der Waals surface area contributed by atoms with Gasteiger partial charge in [-0.2, -0.15) is 0 Å². The van der Waals surface area contributed by atoms with Crippen LogP contribution < -0.4 is 5.32 Å². The molecule has 2 heterocycles. The van der Waals surface area contributed by atoms with Gasteiger partial charge < -0.3 is 9.72 Å². The zero-order valence-electron chi connectivity index (χ0n) is 10.5. The van der Waals surface area contributed by atoms with E-state index in [0.29, 0.717) is 0 Å². The Morgan fingerprint density at radius 2 is 1.89 bits per heavy atom. The van der Waals surface area contributed by atoms with Crippen LogP contribution in [0.25, 0.3) is 16.9 Å². The molecule has 1 N–H and O–H groups in total. The number of aryl methyl sites for hydroxylation is 1. The van der Waals surface area contributed by atoms with E-state index >= 15 is 0 Å². The first-order chi connectivity index (χ1) is 8.78. The summed E-state index contributed by atoms with van der Waals surface area (Å²) in [6, 6.07) is 12.4. The maximum absolute atomic E-state index is 4.68. The molecule has 1 aromatic carbocycles. The Hall–Kier alpha value is -2.29. The van der Waals surface area contributed by atoms with Crippen molar-refractivity contribution in [3.05, 3.63) is 54.4 Å². The third kappa shape index (κ3) is 1.74. The van der Waals surface area contributed by atoms with Gasteiger partial charge in [0.15, 0.2) is 0 Å². The van der Waals surface area contributed by atoms with E-state index in [1.165, 1.54) is 5.56 Å². The van der Waals surface area contributed by atoms with Crippen molar-refractivity contribution in [2.75, 3.05) is 12.4 Å². The quantitative estimate of drug-likeness (QED) is 0.740. The zero-order chi connectivity index (χ0) is 12.5. The number of rotatable bonds is 2. The summed E-state index contributed by atoms with van der Waals surface area (Å²) in [7, 11) is 1.92. The van der Waals surface area contributed by atoms with Crippen molar-refractivity contribution in [1.29, 1.82) is 0 Å². The molecule has 0 aliphatic heterocycles. The molecule has 2 aromatic heterocycles. The van der Waals surface area contributed by atoms with Crippen molar-refractivity contribution >= 4 is 11.3 Å². The highest BCUT2D eigenvalue weighted by molar-refractivity contribution is 5.66. The van der Waals surface area contributed by atoms with Gasteiger partial charge >= 0.3 is 0 Å². The van der Waals surface area contributed by atoms with E-state index in [1.807, 2.05) is 19.3 Å². The summed E-state index contributed by atoms with van der Waals surface area (Å²) in [5.74, 6) is 0. The highest BCUT2D eigenvalue weighted by Gasteiger charge is 2.05. The number of imidazole rings is 1. The van der Waals surface area contributed by atoms with Crippen LogP contribution in [-0.2, 0) is 0 Å². The molecular formula is C15H15N3. The van der Waals surface area contributed by atoms with E-state index < -0.39 is 0 Å². The molecule has 0 saturated heterocycles. The van der Waals surface area contributed by atoms with E-state index in [1.54, 1.807) is 0 Å². The van der Waals surface area contributed by atoms with Crippen molar-refractivity contribution < 1.29 is 0 Å². The third-order valence-corrected chi connectivity index (χ3v) is 3.15. The fraction of sp³-hybridized carbons (Fsp3) is 0.133. The van der Waals surface area contributed by atoms with Crippen LogP contribution in [0.15, 0.2) is 48.8 Å². The van der Waals surface area contributed by atoms with E-state index in [9.17, 15) is 0 Å². The van der Waals surface area contributed by atoms with Crippen LogP contribution in [0, 0.1) is 6.92 Å². The van der Waals surface area contributed by atoms with E-state index in [0.717, 1.165) is 22.6 Å². The van der Waals surface area contributed by atoms with Crippen molar-refractivity contribution in [3.63, 3.8) is 0 Å². The lowest BCUT2D eigenvalue weighted by Crippen LogP contribution is -1.86. The first-order valence-corrected chi connectivity index (χ1v) is 6.00. The summed E-state index contributed by atoms with van der Waals surface area (Å²) in [6.45, 7) is 2.08. The average Bonchev–Trinajstić information content (AvgIpc) is 2.84. The third-order valence-electron chi connectivity index (χ3n) is 3.15. The molecule has 0 radical (unpaired) electrons. The van der Waals surface area contributed by atoms with Crippen LogP contribution in [-0.4, -0.2) is 16.4 Å². The van der Waals surface area contributed by atoms with E-state index in [-0.39, 0.29) is 0 Å². The maximum Gasteiger partial charge on any atom is 0.140 e. The molecule has 3 heteroatoms. The molecule has 0 amide bonds. The van der Waals surface area contributed by atoms with E-state index in [2.05, 4.69) is 58.2 Å². The van der Waals surface area contributed by atoms with Gasteiger partial charge in [-0.05, 0) is 30.7 Å². The fourth-order valence-corrected chi connectivity index (χ4v) is 2.10. The van der Waals surface area contributed by atoms with Gasteiger partial charge in [0.25, 0.3) is 0 Å². The molecule has 0 unspecified atom stereocenters. The highest BCUT2D eigenvalue weighted by atomic mass is 15.0. The lowest BCUT2D eigenvalue weighted by atomic mass is 10.1. The lowest BCUT2D eigenvalue weighted by molar-refractivity contribution is 1.16. The number of aromatic nitrogens is 2. The molecule has 0 bridgehead atoms. The first-order valence-electron chi connectivity index (χ1n) is 6.00. The molecule has 3 rings (SSSR count). The fourth-order valence-electron chi connectivity index (χ4n) is 2.10. The van der Waals surface area contributed by atoms with Gasteiger partial charge in [-0.1, -0.05) is 18.2 Å². The molecule has 0 atom stereocenters. The summed E-state index contributed by atoms with van der Waals surface area (Å²) >= 11 is 0. The Kier molecular flexibility index (Phi) is 2.52. The Labute approximate surface area is 106 Å². The smallest absolute Gasteiger partial charge is 0.140 e. The predicted molar refractivity (Wildman–Crippen MR) is 74.9 cm³/mol. The summed E-state index contributed by atoms with van der Waals surface area (Å²) in [5, 5.41) is 3.12. The Morgan fingerprint density at radius 1 is 1.11 bits per heavy atom. The number of nitrogens with one attached hydrogen (secondary N) is 1. The summed E-state index contributed by atoms with van der Waals surface area (Å²) in [6.07, 6.45) is 4.09. The van der Waals surface area contributed by atoms with Crippen molar-refractivity contribution in [3.8, 4) is 11.3 Å². The standard InChI is InChI=1S/C15H15N3/c1-11-4-3-9-18-10-14(17-15(11)18)12-5-7-13(16-2)8-6-12/h3-10,16H,1-2H3. The van der Waals surface area contributed by atoms with Crippen molar-refractivity contribution in [2.45, 2.75) is 6.92 Å². The van der Waals surface area contributed by atoms with Gasteiger partial charge in [-0.15, -0.1) is 0 Å². The Bertz CT molecular complexity index is 681. The van der Waals surface area contributed by atoms with Crippen LogP contribution in [0.2, 0.25) is 0 Å². The average molecular weight is 237 g/mol. The number of fused-ring (bicyclic) bond motifs is 1. The van der Waals surface area contributed by atoms with Gasteiger partial charge in [-0.25, -0.2) is 4.98 Å². The number of hydrogen-bond donors (Lipinski definition) is 1. The second kappa shape index (κ2) is 4.18. The molecule has 3 aromatic rings. The number of anilines is 1. The number of hydrogen-bond acceptors (Lipinski definition) is 2. The maximum atomic E-state index is 4.68. The van der Waals surface area contributed by atoms with E-state index in [4.69, 9.17) is 0 Å². The molecule has 90 valence electrons. The highest BCUT2D eigenvalue weighted by Crippen LogP contribution is 2.22. The SMILES string of the molecule is CNc1ccc(-c2cn3cccc(C)c3n2)cc1. The lowest BCUT2D eigenvalue weighted by Gasteiger charge is -2.00. The topological polar surface area (TPSA) is 29.3 Å². The van der Waals surface area contributed by atoms with Gasteiger partial charge in [0, 0.05) is 30.7 Å². The molecular weight excluding hydrogens is 222 g/mol. The van der Waals surface area contributed by atoms with Crippen LogP contribution >= 0.6 is 0 Å². The normalized spacial score (nSPS) is 10.8. The first kappa shape index (κ1) is 10.8. The Balaban J connectivity index is 2.10. The van der Waals surface area contributed by atoms with Gasteiger partial charge in [-0.3, -0.25) is 0 Å². The number of pyridine rings is 1. The molecule has 0 spiro atoms. The molecule has 3 nitrogen and oxygen atoms in total. The summed E-state index contributed by atoms with van der Waals surface area (Å²) in [5.41, 5.74) is 5.46. The summed E-state index contributed by atoms with van der Waals surface area (Å²) in [4.78, 5) is 4.68. The van der Waals surface area contributed by atoms with Crippen molar-refractivity contribution in [1.82, 2.24) is 9.38 Å². The number of nitrogens with zero attached hydrogens (tertiary/aromatic N) is 2. The molecule has 0 aliphatic carbocycles. The minimum atomic E-state index is 1.01. The monoisotopic (exact) mass is 237 g/mol. The minimum Gasteiger partial charge on any atom is -0.388 e. The second-order valence-corrected chi connectivity index (χ2v) is 4.38. The van der Waals surface area contributed by atoms with Gasteiger partial charge in [0.2, 0.25) is 0 Å². The zero-order valence-corrected chi connectivity index (χ0v) is 10.5. The largest absolute Gasteiger partial charge is 0.388 e. The van der Waals surface area contributed by atoms with Crippen LogP contribution in [0.1, 0.15) is 5.56 Å². The van der Waals surface area contributed by atoms with Gasteiger partial charge in [0.1, 0.15) is 5.65 Å². The second-order valence-electron chi connectivity index (χ2n) is 4.38. The van der Waals surface area contributed by atoms with Crippen molar-refractivity contribution in [2.24, 2.45) is 0 Å². The molecule has 18 heavy (non-hydrogen) atoms. The number of benzene rings is 1. The summed E-state index contributed by atoms with van der Waals surface area (Å²) < 4.78 is 2.07. The molecule has 0 aliphatic rings. The predicted octanol–water partition coefficient (Wildman–Crippen LogP) is 3.35. The van der Waals surface area contributed by atoms with Crippen LogP contribution in [0.4, 0.5) is 5.69 Å². The Morgan fingerprint density at radius 3 is 2.56 bits per heavy atom. The minimum absolute atomic E-state index is 1.01.